The van der Waals surface area contributed by atoms with Crippen LogP contribution in [0.15, 0.2) is 0 Å². The first-order chi connectivity index (χ1) is 7.72. The van der Waals surface area contributed by atoms with Crippen LogP contribution in [0.2, 0.25) is 0 Å². The summed E-state index contributed by atoms with van der Waals surface area (Å²) in [6.45, 7) is 4.91. The Morgan fingerprint density at radius 3 is 2.75 bits per heavy atom. The van der Waals surface area contributed by atoms with Gasteiger partial charge in [-0.25, -0.2) is 4.98 Å². The van der Waals surface area contributed by atoms with Gasteiger partial charge in [0.2, 0.25) is 5.95 Å². The van der Waals surface area contributed by atoms with Crippen molar-refractivity contribution < 1.29 is 5.11 Å². The third-order valence-electron chi connectivity index (χ3n) is 3.18. The third kappa shape index (κ3) is 2.14. The normalized spacial score (nSPS) is 21.2. The van der Waals surface area contributed by atoms with Crippen LogP contribution in [0.1, 0.15) is 30.7 Å². The first-order valence-corrected chi connectivity index (χ1v) is 5.78. The fourth-order valence-electron chi connectivity index (χ4n) is 2.02. The number of rotatable bonds is 2. The summed E-state index contributed by atoms with van der Waals surface area (Å²) in [5.74, 6) is 0.654. The second-order valence-corrected chi connectivity index (χ2v) is 4.31. The molecule has 0 spiro atoms. The highest BCUT2D eigenvalue weighted by molar-refractivity contribution is 5.32. The highest BCUT2D eigenvalue weighted by Gasteiger charge is 2.24. The topological polar surface area (TPSA) is 62.1 Å². The van der Waals surface area contributed by atoms with E-state index in [1.807, 2.05) is 13.8 Å². The molecule has 1 unspecified atom stereocenters. The molecule has 1 N–H and O–H groups in total. The van der Waals surface area contributed by atoms with Crippen LogP contribution in [-0.4, -0.2) is 39.5 Å². The predicted octanol–water partition coefficient (Wildman–Crippen LogP) is 0.840. The lowest BCUT2D eigenvalue weighted by Gasteiger charge is -2.34. The van der Waals surface area contributed by atoms with E-state index in [2.05, 4.69) is 20.1 Å². The molecule has 2 heterocycles. The fraction of sp³-hybridized carbons (Fsp3) is 0.727. The smallest absolute Gasteiger partial charge is 0.245 e. The molecule has 1 aliphatic rings. The molecule has 0 bridgehead atoms. The number of nitrogens with zero attached hydrogens (tertiary/aromatic N) is 4. The average molecular weight is 222 g/mol. The Hall–Kier alpha value is -1.23. The van der Waals surface area contributed by atoms with Gasteiger partial charge < -0.3 is 10.0 Å². The zero-order valence-electron chi connectivity index (χ0n) is 9.85. The number of piperidine rings is 1. The van der Waals surface area contributed by atoms with Crippen LogP contribution in [0.3, 0.4) is 0 Å². The van der Waals surface area contributed by atoms with Gasteiger partial charge in [-0.1, -0.05) is 0 Å². The number of aryl methyl sites for hydroxylation is 2. The lowest BCUT2D eigenvalue weighted by Crippen LogP contribution is -2.43. The number of aliphatic hydroxyl groups is 1. The zero-order valence-corrected chi connectivity index (χ0v) is 9.85. The van der Waals surface area contributed by atoms with E-state index >= 15 is 0 Å². The van der Waals surface area contributed by atoms with E-state index in [4.69, 9.17) is 0 Å². The van der Waals surface area contributed by atoms with Crippen molar-refractivity contribution in [1.82, 2.24) is 15.2 Å². The van der Waals surface area contributed by atoms with Gasteiger partial charge in [0.15, 0.2) is 0 Å². The first kappa shape index (κ1) is 11.3. The Labute approximate surface area is 95.5 Å². The molecule has 1 aromatic heterocycles. The molecule has 0 saturated carbocycles. The number of hydrogen-bond donors (Lipinski definition) is 1. The Balaban J connectivity index is 2.23. The number of aliphatic hydroxyl groups excluding tert-OH is 1. The Bertz CT molecular complexity index is 369. The van der Waals surface area contributed by atoms with Gasteiger partial charge in [-0.3, -0.25) is 0 Å². The van der Waals surface area contributed by atoms with Crippen molar-refractivity contribution in [2.75, 3.05) is 18.1 Å². The van der Waals surface area contributed by atoms with Gasteiger partial charge in [-0.15, -0.1) is 5.10 Å². The van der Waals surface area contributed by atoms with Crippen LogP contribution in [0.4, 0.5) is 5.95 Å². The van der Waals surface area contributed by atoms with E-state index in [0.717, 1.165) is 30.8 Å². The lowest BCUT2D eigenvalue weighted by atomic mass is 10.0. The largest absolute Gasteiger partial charge is 0.394 e. The maximum atomic E-state index is 9.33. The van der Waals surface area contributed by atoms with Gasteiger partial charge in [0.25, 0.3) is 0 Å². The van der Waals surface area contributed by atoms with Crippen molar-refractivity contribution in [3.05, 3.63) is 11.4 Å². The lowest BCUT2D eigenvalue weighted by molar-refractivity contribution is 0.238. The summed E-state index contributed by atoms with van der Waals surface area (Å²) in [6, 6.07) is 0.151. The fourth-order valence-corrected chi connectivity index (χ4v) is 2.02. The summed E-state index contributed by atoms with van der Waals surface area (Å²) >= 11 is 0. The van der Waals surface area contributed by atoms with Crippen molar-refractivity contribution >= 4 is 5.95 Å². The van der Waals surface area contributed by atoms with E-state index in [0.29, 0.717) is 5.95 Å². The van der Waals surface area contributed by atoms with Crippen molar-refractivity contribution in [2.45, 2.75) is 39.2 Å². The van der Waals surface area contributed by atoms with E-state index in [9.17, 15) is 5.11 Å². The van der Waals surface area contributed by atoms with Crippen molar-refractivity contribution in [2.24, 2.45) is 0 Å². The van der Waals surface area contributed by atoms with Crippen LogP contribution >= 0.6 is 0 Å². The quantitative estimate of drug-likeness (QED) is 0.803. The average Bonchev–Trinajstić information content (AvgIpc) is 2.32. The van der Waals surface area contributed by atoms with E-state index in [1.165, 1.54) is 6.42 Å². The molecular weight excluding hydrogens is 204 g/mol. The van der Waals surface area contributed by atoms with Crippen LogP contribution in [-0.2, 0) is 0 Å². The Morgan fingerprint density at radius 1 is 1.25 bits per heavy atom. The molecule has 1 saturated heterocycles. The monoisotopic (exact) mass is 222 g/mol. The van der Waals surface area contributed by atoms with Crippen LogP contribution < -0.4 is 4.90 Å². The van der Waals surface area contributed by atoms with E-state index in [1.54, 1.807) is 0 Å². The van der Waals surface area contributed by atoms with Crippen LogP contribution in [0.5, 0.6) is 0 Å². The standard InChI is InChI=1S/C11H18N4O/c1-8-9(2)13-14-11(12-8)15-6-4-3-5-10(15)7-16/h10,16H,3-7H2,1-2H3. The SMILES string of the molecule is Cc1nnc(N2CCCCC2CO)nc1C. The summed E-state index contributed by atoms with van der Waals surface area (Å²) in [7, 11) is 0. The minimum Gasteiger partial charge on any atom is -0.394 e. The van der Waals surface area contributed by atoms with Crippen molar-refractivity contribution in [3.63, 3.8) is 0 Å². The highest BCUT2D eigenvalue weighted by Crippen LogP contribution is 2.21. The number of hydrogen-bond acceptors (Lipinski definition) is 5. The molecule has 1 aliphatic heterocycles. The van der Waals surface area contributed by atoms with Gasteiger partial charge >= 0.3 is 0 Å². The first-order valence-electron chi connectivity index (χ1n) is 5.78. The van der Waals surface area contributed by atoms with Gasteiger partial charge in [0, 0.05) is 6.54 Å². The number of anilines is 1. The van der Waals surface area contributed by atoms with Gasteiger partial charge in [0.1, 0.15) is 0 Å². The third-order valence-corrected chi connectivity index (χ3v) is 3.18. The second kappa shape index (κ2) is 4.74. The maximum Gasteiger partial charge on any atom is 0.245 e. The molecule has 1 fully saturated rings. The minimum absolute atomic E-state index is 0.151. The minimum atomic E-state index is 0.151. The van der Waals surface area contributed by atoms with Gasteiger partial charge in [0.05, 0.1) is 24.0 Å². The second-order valence-electron chi connectivity index (χ2n) is 4.31. The van der Waals surface area contributed by atoms with E-state index < -0.39 is 0 Å². The molecule has 5 nitrogen and oxygen atoms in total. The maximum absolute atomic E-state index is 9.33. The molecule has 0 amide bonds. The Kier molecular flexibility index (Phi) is 3.33. The predicted molar refractivity (Wildman–Crippen MR) is 61.4 cm³/mol. The Morgan fingerprint density at radius 2 is 2.06 bits per heavy atom. The molecule has 0 aliphatic carbocycles. The highest BCUT2D eigenvalue weighted by atomic mass is 16.3. The molecule has 16 heavy (non-hydrogen) atoms. The molecule has 0 radical (unpaired) electrons. The zero-order chi connectivity index (χ0) is 11.5. The van der Waals surface area contributed by atoms with Crippen LogP contribution in [0.25, 0.3) is 0 Å². The molecule has 2 rings (SSSR count). The molecular formula is C11H18N4O. The van der Waals surface area contributed by atoms with Crippen LogP contribution in [0, 0.1) is 13.8 Å². The van der Waals surface area contributed by atoms with Gasteiger partial charge in [-0.05, 0) is 33.1 Å². The number of aromatic nitrogens is 3. The van der Waals surface area contributed by atoms with Crippen molar-refractivity contribution in [1.29, 1.82) is 0 Å². The van der Waals surface area contributed by atoms with Gasteiger partial charge in [-0.2, -0.15) is 5.10 Å². The summed E-state index contributed by atoms with van der Waals surface area (Å²) in [4.78, 5) is 6.51. The van der Waals surface area contributed by atoms with E-state index in [-0.39, 0.29) is 12.6 Å². The molecule has 5 heteroatoms. The molecule has 0 aromatic carbocycles. The summed E-state index contributed by atoms with van der Waals surface area (Å²) in [5.41, 5.74) is 1.77. The molecule has 1 aromatic rings. The van der Waals surface area contributed by atoms with Crippen molar-refractivity contribution in [3.8, 4) is 0 Å². The molecule has 1 atom stereocenters. The summed E-state index contributed by atoms with van der Waals surface area (Å²) in [6.07, 6.45) is 3.31. The summed E-state index contributed by atoms with van der Waals surface area (Å²) < 4.78 is 0. The summed E-state index contributed by atoms with van der Waals surface area (Å²) in [5, 5.41) is 17.5. The molecule has 88 valence electrons.